The van der Waals surface area contributed by atoms with E-state index in [1.54, 1.807) is 12.3 Å². The van der Waals surface area contributed by atoms with Gasteiger partial charge < -0.3 is 15.6 Å². The highest BCUT2D eigenvalue weighted by atomic mass is 16.1. The minimum absolute atomic E-state index is 0.101. The number of carbonyl (C=O) groups excluding carboxylic acids is 1. The van der Waals surface area contributed by atoms with Crippen LogP contribution < -0.4 is 11.1 Å². The van der Waals surface area contributed by atoms with Crippen LogP contribution in [0.3, 0.4) is 0 Å². The van der Waals surface area contributed by atoms with Gasteiger partial charge in [0.25, 0.3) is 5.91 Å². The minimum Gasteiger partial charge on any atom is -0.397 e. The third kappa shape index (κ3) is 3.20. The van der Waals surface area contributed by atoms with Crippen LogP contribution in [0.25, 0.3) is 0 Å². The summed E-state index contributed by atoms with van der Waals surface area (Å²) in [6.07, 6.45) is 1.80. The van der Waals surface area contributed by atoms with Gasteiger partial charge in [-0.2, -0.15) is 0 Å². The summed E-state index contributed by atoms with van der Waals surface area (Å²) in [5, 5.41) is 2.93. The van der Waals surface area contributed by atoms with Crippen molar-refractivity contribution in [1.29, 1.82) is 0 Å². The Hall–Kier alpha value is -2.23. The average molecular weight is 271 g/mol. The van der Waals surface area contributed by atoms with Crippen molar-refractivity contribution < 1.29 is 4.79 Å². The number of nitrogens with two attached hydrogens (primary N) is 1. The van der Waals surface area contributed by atoms with Crippen LogP contribution >= 0.6 is 0 Å². The van der Waals surface area contributed by atoms with Crippen LogP contribution in [0.15, 0.2) is 36.5 Å². The fourth-order valence-electron chi connectivity index (χ4n) is 2.09. The standard InChI is InChI=1S/C16H21N3O/c1-11(2)19-10-14(17)8-15(19)16(20)18-9-13-6-4-12(3)5-7-13/h4-8,10-11H,9,17H2,1-3H3,(H,18,20). The zero-order valence-electron chi connectivity index (χ0n) is 12.2. The number of anilines is 1. The molecule has 3 N–H and O–H groups in total. The van der Waals surface area contributed by atoms with Crippen LogP contribution in [0.4, 0.5) is 5.69 Å². The molecule has 2 aromatic rings. The van der Waals surface area contributed by atoms with Gasteiger partial charge >= 0.3 is 0 Å². The van der Waals surface area contributed by atoms with Crippen molar-refractivity contribution in [1.82, 2.24) is 9.88 Å². The average Bonchev–Trinajstić information content (AvgIpc) is 2.80. The maximum atomic E-state index is 12.2. The Morgan fingerprint density at radius 2 is 1.95 bits per heavy atom. The van der Waals surface area contributed by atoms with E-state index in [1.165, 1.54) is 5.56 Å². The number of rotatable bonds is 4. The summed E-state index contributed by atoms with van der Waals surface area (Å²) in [4.78, 5) is 12.2. The first-order valence-corrected chi connectivity index (χ1v) is 6.78. The van der Waals surface area contributed by atoms with Gasteiger partial charge in [0.1, 0.15) is 5.69 Å². The van der Waals surface area contributed by atoms with Gasteiger partial charge in [-0.25, -0.2) is 0 Å². The molecule has 0 aliphatic rings. The Labute approximate surface area is 119 Å². The third-order valence-corrected chi connectivity index (χ3v) is 3.23. The van der Waals surface area contributed by atoms with Gasteiger partial charge in [-0.05, 0) is 32.4 Å². The van der Waals surface area contributed by atoms with Gasteiger partial charge in [0.05, 0.1) is 5.69 Å². The molecule has 4 heteroatoms. The number of nitrogens with zero attached hydrogens (tertiary/aromatic N) is 1. The lowest BCUT2D eigenvalue weighted by molar-refractivity contribution is 0.0940. The number of hydrogen-bond donors (Lipinski definition) is 2. The zero-order valence-corrected chi connectivity index (χ0v) is 12.2. The van der Waals surface area contributed by atoms with Gasteiger partial charge in [-0.3, -0.25) is 4.79 Å². The fourth-order valence-corrected chi connectivity index (χ4v) is 2.09. The Kier molecular flexibility index (Phi) is 4.13. The molecule has 20 heavy (non-hydrogen) atoms. The molecule has 106 valence electrons. The highest BCUT2D eigenvalue weighted by Gasteiger charge is 2.14. The van der Waals surface area contributed by atoms with Crippen molar-refractivity contribution in [2.45, 2.75) is 33.4 Å². The maximum Gasteiger partial charge on any atom is 0.268 e. The van der Waals surface area contributed by atoms with Gasteiger partial charge in [0.2, 0.25) is 0 Å². The second-order valence-electron chi connectivity index (χ2n) is 5.33. The number of benzene rings is 1. The first-order valence-electron chi connectivity index (χ1n) is 6.78. The van der Waals surface area contributed by atoms with Crippen molar-refractivity contribution >= 4 is 11.6 Å². The molecule has 1 amide bonds. The van der Waals surface area contributed by atoms with E-state index in [1.807, 2.05) is 49.6 Å². The summed E-state index contributed by atoms with van der Waals surface area (Å²) >= 11 is 0. The highest BCUT2D eigenvalue weighted by molar-refractivity contribution is 5.93. The Morgan fingerprint density at radius 3 is 2.55 bits per heavy atom. The van der Waals surface area contributed by atoms with Crippen molar-refractivity contribution in [3.8, 4) is 0 Å². The number of amides is 1. The van der Waals surface area contributed by atoms with Gasteiger partial charge in [0, 0.05) is 18.8 Å². The van der Waals surface area contributed by atoms with Crippen LogP contribution in [-0.2, 0) is 6.54 Å². The second kappa shape index (κ2) is 5.82. The normalized spacial score (nSPS) is 10.8. The molecule has 0 saturated carbocycles. The summed E-state index contributed by atoms with van der Waals surface area (Å²) in [5.74, 6) is -0.101. The van der Waals surface area contributed by atoms with Gasteiger partial charge in [-0.1, -0.05) is 29.8 Å². The van der Waals surface area contributed by atoms with Crippen LogP contribution in [-0.4, -0.2) is 10.5 Å². The molecule has 0 spiro atoms. The Balaban J connectivity index is 2.07. The molecule has 4 nitrogen and oxygen atoms in total. The van der Waals surface area contributed by atoms with Crippen molar-refractivity contribution in [3.63, 3.8) is 0 Å². The molecule has 0 bridgehead atoms. The number of hydrogen-bond acceptors (Lipinski definition) is 2. The van der Waals surface area contributed by atoms with E-state index in [4.69, 9.17) is 5.73 Å². The molecule has 0 radical (unpaired) electrons. The van der Waals surface area contributed by atoms with Crippen LogP contribution in [0.1, 0.15) is 41.5 Å². The molecule has 2 rings (SSSR count). The van der Waals surface area contributed by atoms with E-state index in [2.05, 4.69) is 5.32 Å². The van der Waals surface area contributed by atoms with E-state index in [0.29, 0.717) is 17.9 Å². The van der Waals surface area contributed by atoms with Crippen molar-refractivity contribution in [2.75, 3.05) is 5.73 Å². The Morgan fingerprint density at radius 1 is 1.30 bits per heavy atom. The highest BCUT2D eigenvalue weighted by Crippen LogP contribution is 2.16. The van der Waals surface area contributed by atoms with Gasteiger partial charge in [-0.15, -0.1) is 0 Å². The number of aromatic nitrogens is 1. The molecular formula is C16H21N3O. The Bertz CT molecular complexity index is 597. The predicted molar refractivity (Wildman–Crippen MR) is 81.6 cm³/mol. The monoisotopic (exact) mass is 271 g/mol. The van der Waals surface area contributed by atoms with E-state index in [-0.39, 0.29) is 11.9 Å². The molecule has 0 aliphatic carbocycles. The van der Waals surface area contributed by atoms with E-state index in [9.17, 15) is 4.79 Å². The van der Waals surface area contributed by atoms with Gasteiger partial charge in [0.15, 0.2) is 0 Å². The first kappa shape index (κ1) is 14.2. The topological polar surface area (TPSA) is 60.1 Å². The van der Waals surface area contributed by atoms with Crippen molar-refractivity contribution in [2.24, 2.45) is 0 Å². The number of nitrogens with one attached hydrogen (secondary N) is 1. The lowest BCUT2D eigenvalue weighted by Crippen LogP contribution is -2.25. The molecule has 0 atom stereocenters. The SMILES string of the molecule is Cc1ccc(CNC(=O)c2cc(N)cn2C(C)C)cc1. The molecule has 0 unspecified atom stereocenters. The summed E-state index contributed by atoms with van der Waals surface area (Å²) in [6.45, 7) is 6.61. The lowest BCUT2D eigenvalue weighted by atomic mass is 10.1. The van der Waals surface area contributed by atoms with Crippen LogP contribution in [0.2, 0.25) is 0 Å². The van der Waals surface area contributed by atoms with E-state index < -0.39 is 0 Å². The lowest BCUT2D eigenvalue weighted by Gasteiger charge is -2.12. The zero-order chi connectivity index (χ0) is 14.7. The molecule has 1 heterocycles. The third-order valence-electron chi connectivity index (χ3n) is 3.23. The first-order chi connectivity index (χ1) is 9.47. The minimum atomic E-state index is -0.101. The van der Waals surface area contributed by atoms with E-state index in [0.717, 1.165) is 5.56 Å². The fraction of sp³-hybridized carbons (Fsp3) is 0.312. The smallest absolute Gasteiger partial charge is 0.268 e. The molecule has 0 saturated heterocycles. The number of nitrogen functional groups attached to an aromatic ring is 1. The molecule has 1 aromatic carbocycles. The summed E-state index contributed by atoms with van der Waals surface area (Å²) < 4.78 is 1.89. The van der Waals surface area contributed by atoms with Crippen molar-refractivity contribution in [3.05, 3.63) is 53.3 Å². The molecular weight excluding hydrogens is 250 g/mol. The molecule has 0 fully saturated rings. The molecule has 1 aromatic heterocycles. The van der Waals surface area contributed by atoms with Crippen LogP contribution in [0.5, 0.6) is 0 Å². The van der Waals surface area contributed by atoms with E-state index >= 15 is 0 Å². The number of aryl methyl sites for hydroxylation is 1. The maximum absolute atomic E-state index is 12.2. The quantitative estimate of drug-likeness (QED) is 0.898. The summed E-state index contributed by atoms with van der Waals surface area (Å²) in [6, 6.07) is 10.0. The van der Waals surface area contributed by atoms with Crippen LogP contribution in [0, 0.1) is 6.92 Å². The largest absolute Gasteiger partial charge is 0.397 e. The predicted octanol–water partition coefficient (Wildman–Crippen LogP) is 2.89. The second-order valence-corrected chi connectivity index (χ2v) is 5.33. The summed E-state index contributed by atoms with van der Waals surface area (Å²) in [7, 11) is 0. The molecule has 0 aliphatic heterocycles. The summed E-state index contributed by atoms with van der Waals surface area (Å²) in [5.41, 5.74) is 9.28. The number of carbonyl (C=O) groups is 1.